The lowest BCUT2D eigenvalue weighted by molar-refractivity contribution is 0.102. The molecule has 0 aliphatic carbocycles. The van der Waals surface area contributed by atoms with Gasteiger partial charge in [-0.1, -0.05) is 48.0 Å². The zero-order valence-electron chi connectivity index (χ0n) is 16.2. The van der Waals surface area contributed by atoms with E-state index in [0.29, 0.717) is 28.8 Å². The van der Waals surface area contributed by atoms with Crippen LogP contribution in [0.3, 0.4) is 0 Å². The number of hydrogen-bond acceptors (Lipinski definition) is 4. The van der Waals surface area contributed by atoms with Gasteiger partial charge in [0.25, 0.3) is 5.91 Å². The minimum absolute atomic E-state index is 0.217. The first-order valence-corrected chi connectivity index (χ1v) is 9.52. The Kier molecular flexibility index (Phi) is 6.26. The van der Waals surface area contributed by atoms with Crippen LogP contribution >= 0.6 is 11.6 Å². The molecule has 0 fully saturated rings. The number of rotatable bonds is 6. The van der Waals surface area contributed by atoms with Gasteiger partial charge in [-0.3, -0.25) is 4.79 Å². The van der Waals surface area contributed by atoms with Gasteiger partial charge in [0, 0.05) is 35.7 Å². The van der Waals surface area contributed by atoms with Crippen molar-refractivity contribution in [2.24, 2.45) is 0 Å². The predicted octanol–water partition coefficient (Wildman–Crippen LogP) is 5.11. The highest BCUT2D eigenvalue weighted by Gasteiger charge is 2.16. The number of amides is 1. The monoisotopic (exact) mass is 394 g/mol. The number of carbonyl (C=O) groups excluding carboxylic acids is 1. The molecule has 1 N–H and O–H groups in total. The summed E-state index contributed by atoms with van der Waals surface area (Å²) in [6.07, 6.45) is 3.11. The van der Waals surface area contributed by atoms with Crippen LogP contribution in [0.1, 0.15) is 35.3 Å². The predicted molar refractivity (Wildman–Crippen MR) is 114 cm³/mol. The molecule has 0 unspecified atom stereocenters. The Morgan fingerprint density at radius 3 is 2.39 bits per heavy atom. The third kappa shape index (κ3) is 4.67. The van der Waals surface area contributed by atoms with Crippen LogP contribution in [0.5, 0.6) is 0 Å². The lowest BCUT2D eigenvalue weighted by atomic mass is 10.2. The highest BCUT2D eigenvalue weighted by molar-refractivity contribution is 6.31. The van der Waals surface area contributed by atoms with Crippen molar-refractivity contribution < 1.29 is 4.79 Å². The van der Waals surface area contributed by atoms with Crippen LogP contribution in [0.15, 0.2) is 60.9 Å². The molecule has 0 aliphatic rings. The fourth-order valence-electron chi connectivity index (χ4n) is 2.79. The lowest BCUT2D eigenvalue weighted by Crippen LogP contribution is -2.31. The Morgan fingerprint density at radius 1 is 1.07 bits per heavy atom. The zero-order valence-corrected chi connectivity index (χ0v) is 16.9. The number of aromatic nitrogens is 2. The van der Waals surface area contributed by atoms with Crippen LogP contribution in [0.4, 0.5) is 11.6 Å². The molecule has 3 aromatic rings. The van der Waals surface area contributed by atoms with Crippen LogP contribution < -0.4 is 10.2 Å². The smallest absolute Gasteiger partial charge is 0.258 e. The highest BCUT2D eigenvalue weighted by Crippen LogP contribution is 2.23. The number of carbonyl (C=O) groups is 1. The summed E-state index contributed by atoms with van der Waals surface area (Å²) in [4.78, 5) is 23.5. The maximum absolute atomic E-state index is 12.5. The molecule has 0 atom stereocenters. The first-order chi connectivity index (χ1) is 13.5. The number of nitrogens with one attached hydrogen (secondary N) is 1. The van der Waals surface area contributed by atoms with Gasteiger partial charge in [-0.05, 0) is 44.0 Å². The summed E-state index contributed by atoms with van der Waals surface area (Å²) in [5, 5.41) is 3.47. The Labute approximate surface area is 170 Å². The summed E-state index contributed by atoms with van der Waals surface area (Å²) in [6, 6.07) is 15.8. The number of hydrogen-bond donors (Lipinski definition) is 1. The SMILES string of the molecule is Cc1c(Cl)cccc1NC(=O)c1cnc(N(Cc2ccccc2)C(C)C)nc1. The summed E-state index contributed by atoms with van der Waals surface area (Å²) in [5.41, 5.74) is 3.07. The fourth-order valence-corrected chi connectivity index (χ4v) is 2.96. The van der Waals surface area contributed by atoms with Gasteiger partial charge in [-0.15, -0.1) is 0 Å². The Hall–Kier alpha value is -2.92. The summed E-state index contributed by atoms with van der Waals surface area (Å²) < 4.78 is 0. The van der Waals surface area contributed by atoms with Crippen molar-refractivity contribution in [3.8, 4) is 0 Å². The van der Waals surface area contributed by atoms with Crippen LogP contribution in [0, 0.1) is 6.92 Å². The van der Waals surface area contributed by atoms with Crippen molar-refractivity contribution in [1.29, 1.82) is 0 Å². The van der Waals surface area contributed by atoms with Gasteiger partial charge in [-0.25, -0.2) is 9.97 Å². The van der Waals surface area contributed by atoms with E-state index in [1.807, 2.05) is 31.2 Å². The summed E-state index contributed by atoms with van der Waals surface area (Å²) in [6.45, 7) is 6.75. The molecule has 3 rings (SSSR count). The molecule has 2 aromatic carbocycles. The van der Waals surface area contributed by atoms with Gasteiger partial charge >= 0.3 is 0 Å². The molecule has 1 heterocycles. The normalized spacial score (nSPS) is 10.8. The average molecular weight is 395 g/mol. The van der Waals surface area contributed by atoms with Crippen LogP contribution in [-0.2, 0) is 6.54 Å². The van der Waals surface area contributed by atoms with Gasteiger partial charge in [0.15, 0.2) is 0 Å². The van der Waals surface area contributed by atoms with Crippen molar-refractivity contribution in [2.75, 3.05) is 10.2 Å². The first kappa shape index (κ1) is 19.8. The average Bonchev–Trinajstić information content (AvgIpc) is 2.70. The van der Waals surface area contributed by atoms with Gasteiger partial charge in [0.1, 0.15) is 0 Å². The maximum atomic E-state index is 12.5. The summed E-state index contributed by atoms with van der Waals surface area (Å²) in [7, 11) is 0. The van der Waals surface area contributed by atoms with E-state index in [1.54, 1.807) is 24.5 Å². The van der Waals surface area contributed by atoms with E-state index in [4.69, 9.17) is 11.6 Å². The number of halogens is 1. The molecule has 144 valence electrons. The standard InChI is InChI=1S/C22H23ClN4O/c1-15(2)27(14-17-8-5-4-6-9-17)22-24-12-18(13-25-22)21(28)26-20-11-7-10-19(23)16(20)3/h4-13,15H,14H2,1-3H3,(H,26,28). The van der Waals surface area contributed by atoms with E-state index in [-0.39, 0.29) is 11.9 Å². The Balaban J connectivity index is 1.75. The third-order valence-electron chi connectivity index (χ3n) is 4.49. The second-order valence-electron chi connectivity index (χ2n) is 6.85. The van der Waals surface area contributed by atoms with E-state index in [2.05, 4.69) is 46.2 Å². The third-order valence-corrected chi connectivity index (χ3v) is 4.90. The molecule has 0 spiro atoms. The molecule has 0 radical (unpaired) electrons. The van der Waals surface area contributed by atoms with E-state index < -0.39 is 0 Å². The molecule has 1 aromatic heterocycles. The van der Waals surface area contributed by atoms with Crippen LogP contribution in [0.2, 0.25) is 5.02 Å². The maximum Gasteiger partial charge on any atom is 0.258 e. The van der Waals surface area contributed by atoms with E-state index in [9.17, 15) is 4.79 Å². The molecular weight excluding hydrogens is 372 g/mol. The first-order valence-electron chi connectivity index (χ1n) is 9.15. The summed E-state index contributed by atoms with van der Waals surface area (Å²) in [5.74, 6) is 0.324. The number of nitrogens with zero attached hydrogens (tertiary/aromatic N) is 3. The molecule has 1 amide bonds. The van der Waals surface area contributed by atoms with Crippen molar-refractivity contribution in [3.63, 3.8) is 0 Å². The number of anilines is 2. The topological polar surface area (TPSA) is 58.1 Å². The highest BCUT2D eigenvalue weighted by atomic mass is 35.5. The van der Waals surface area contributed by atoms with Crippen LogP contribution in [0.25, 0.3) is 0 Å². The number of benzene rings is 2. The molecule has 28 heavy (non-hydrogen) atoms. The molecule has 0 saturated heterocycles. The van der Waals surface area contributed by atoms with E-state index >= 15 is 0 Å². The Morgan fingerprint density at radius 2 is 1.75 bits per heavy atom. The largest absolute Gasteiger partial charge is 0.334 e. The molecule has 0 aliphatic heterocycles. The Bertz CT molecular complexity index is 943. The molecule has 6 heteroatoms. The van der Waals surface area contributed by atoms with Crippen molar-refractivity contribution in [1.82, 2.24) is 9.97 Å². The van der Waals surface area contributed by atoms with Gasteiger partial charge in [0.2, 0.25) is 5.95 Å². The minimum atomic E-state index is -0.268. The second-order valence-corrected chi connectivity index (χ2v) is 7.25. The second kappa shape index (κ2) is 8.85. The minimum Gasteiger partial charge on any atom is -0.334 e. The molecule has 0 bridgehead atoms. The van der Waals surface area contributed by atoms with Gasteiger partial charge in [0.05, 0.1) is 5.56 Å². The molecule has 5 nitrogen and oxygen atoms in total. The molecule has 0 saturated carbocycles. The fraction of sp³-hybridized carbons (Fsp3) is 0.227. The lowest BCUT2D eigenvalue weighted by Gasteiger charge is -2.26. The van der Waals surface area contributed by atoms with Crippen LogP contribution in [-0.4, -0.2) is 21.9 Å². The van der Waals surface area contributed by atoms with Crippen molar-refractivity contribution in [3.05, 3.63) is 82.6 Å². The zero-order chi connectivity index (χ0) is 20.1. The van der Waals surface area contributed by atoms with Gasteiger partial charge in [-0.2, -0.15) is 0 Å². The van der Waals surface area contributed by atoms with E-state index in [1.165, 1.54) is 5.56 Å². The molecular formula is C22H23ClN4O. The quantitative estimate of drug-likeness (QED) is 0.631. The van der Waals surface area contributed by atoms with Crippen molar-refractivity contribution >= 4 is 29.1 Å². The van der Waals surface area contributed by atoms with E-state index in [0.717, 1.165) is 5.56 Å². The van der Waals surface area contributed by atoms with Crippen molar-refractivity contribution in [2.45, 2.75) is 33.4 Å². The summed E-state index contributed by atoms with van der Waals surface area (Å²) >= 11 is 6.11. The van der Waals surface area contributed by atoms with Gasteiger partial charge < -0.3 is 10.2 Å².